The van der Waals surface area contributed by atoms with Crippen LogP contribution < -0.4 is 5.73 Å². The van der Waals surface area contributed by atoms with Crippen molar-refractivity contribution >= 4 is 24.8 Å². The summed E-state index contributed by atoms with van der Waals surface area (Å²) < 4.78 is 36.7. The zero-order valence-electron chi connectivity index (χ0n) is 17.6. The largest absolute Gasteiger partial charge is 0.475 e. The summed E-state index contributed by atoms with van der Waals surface area (Å²) >= 11 is 0. The number of aliphatic hydroxyl groups is 2. The number of nitrogens with zero attached hydrogens (tertiary/aromatic N) is 5. The van der Waals surface area contributed by atoms with Crippen LogP contribution in [0.4, 0.5) is 5.82 Å². The Morgan fingerprint density at radius 1 is 1.33 bits per heavy atom. The first-order valence-corrected chi connectivity index (χ1v) is 11.7. The van der Waals surface area contributed by atoms with Gasteiger partial charge >= 0.3 is 7.82 Å². The van der Waals surface area contributed by atoms with Crippen molar-refractivity contribution in [3.05, 3.63) is 42.7 Å². The monoisotopic (exact) mass is 478 g/mol. The summed E-state index contributed by atoms with van der Waals surface area (Å²) in [7, 11) is -3.93. The molecule has 2 aliphatic heterocycles. The molecule has 14 heteroatoms. The molecule has 3 aromatic rings. The number of nitrogens with two attached hydrogens (primary N) is 1. The summed E-state index contributed by atoms with van der Waals surface area (Å²) in [5.74, 6) is 0.172. The van der Waals surface area contributed by atoms with Crippen LogP contribution in [0.3, 0.4) is 0 Å². The van der Waals surface area contributed by atoms with Gasteiger partial charge < -0.3 is 20.7 Å². The van der Waals surface area contributed by atoms with Crippen LogP contribution in [0.5, 0.6) is 0 Å². The van der Waals surface area contributed by atoms with E-state index in [2.05, 4.69) is 19.9 Å². The third-order valence-electron chi connectivity index (χ3n) is 5.75. The zero-order valence-corrected chi connectivity index (χ0v) is 18.5. The topological polar surface area (TPSA) is 177 Å². The maximum Gasteiger partial charge on any atom is 0.475 e. The molecule has 13 nitrogen and oxygen atoms in total. The lowest BCUT2D eigenvalue weighted by Gasteiger charge is -2.30. The first-order valence-electron chi connectivity index (χ1n) is 10.2. The van der Waals surface area contributed by atoms with Gasteiger partial charge in [0, 0.05) is 18.8 Å². The van der Waals surface area contributed by atoms with E-state index in [9.17, 15) is 14.8 Å². The van der Waals surface area contributed by atoms with Gasteiger partial charge in [0.25, 0.3) is 0 Å². The highest BCUT2D eigenvalue weighted by molar-refractivity contribution is 7.48. The van der Waals surface area contributed by atoms with Crippen molar-refractivity contribution < 1.29 is 33.1 Å². The van der Waals surface area contributed by atoms with E-state index in [1.165, 1.54) is 24.1 Å². The number of pyridine rings is 1. The Morgan fingerprint density at radius 3 is 2.91 bits per heavy atom. The van der Waals surface area contributed by atoms with Crippen molar-refractivity contribution in [2.45, 2.75) is 43.5 Å². The van der Waals surface area contributed by atoms with Gasteiger partial charge in [0.05, 0.1) is 25.6 Å². The number of phosphoric acid groups is 1. The molecule has 0 aliphatic carbocycles. The van der Waals surface area contributed by atoms with Crippen LogP contribution in [0, 0.1) is 0 Å². The number of imidazole rings is 1. The van der Waals surface area contributed by atoms with E-state index in [4.69, 9.17) is 24.0 Å². The lowest BCUT2D eigenvalue weighted by atomic mass is 9.96. The molecule has 0 radical (unpaired) electrons. The summed E-state index contributed by atoms with van der Waals surface area (Å²) in [5, 5.41) is 21.7. The summed E-state index contributed by atoms with van der Waals surface area (Å²) in [5.41, 5.74) is 5.54. The highest BCUT2D eigenvalue weighted by Gasteiger charge is 2.54. The van der Waals surface area contributed by atoms with E-state index >= 15 is 0 Å². The average molecular weight is 478 g/mol. The SMILES string of the molecule is C[C@@]1(O)[C@H](O)[C@@H](CO[P@@]2(=O)OCC[C@@H](c3ccncc3)O2)O[C@H]1n1cnc2c(N)ncnc21. The highest BCUT2D eigenvalue weighted by atomic mass is 31.2. The minimum Gasteiger partial charge on any atom is -0.387 e. The molecule has 2 fully saturated rings. The normalized spacial score (nSPS) is 34.6. The fourth-order valence-corrected chi connectivity index (χ4v) is 5.36. The molecule has 0 saturated carbocycles. The Morgan fingerprint density at radius 2 is 2.12 bits per heavy atom. The molecule has 176 valence electrons. The van der Waals surface area contributed by atoms with Crippen molar-refractivity contribution in [2.24, 2.45) is 0 Å². The molecule has 3 aromatic heterocycles. The number of aromatic nitrogens is 5. The molecule has 2 saturated heterocycles. The van der Waals surface area contributed by atoms with E-state index in [1.807, 2.05) is 0 Å². The number of aliphatic hydroxyl groups excluding tert-OH is 1. The molecule has 5 rings (SSSR count). The number of nitrogen functional groups attached to an aromatic ring is 1. The molecule has 0 bridgehead atoms. The molecule has 0 aromatic carbocycles. The molecular formula is C19H23N6O7P. The first kappa shape index (κ1) is 22.3. The predicted octanol–water partition coefficient (Wildman–Crippen LogP) is 1.12. The van der Waals surface area contributed by atoms with Crippen LogP contribution in [0.15, 0.2) is 37.2 Å². The fraction of sp³-hybridized carbons (Fsp3) is 0.474. The first-order chi connectivity index (χ1) is 15.8. The number of rotatable bonds is 5. The van der Waals surface area contributed by atoms with Gasteiger partial charge in [0.1, 0.15) is 29.7 Å². The molecule has 33 heavy (non-hydrogen) atoms. The Balaban J connectivity index is 1.31. The Hall–Kier alpha value is -2.51. The third-order valence-corrected chi connectivity index (χ3v) is 7.23. The number of hydrogen-bond donors (Lipinski definition) is 3. The van der Waals surface area contributed by atoms with Gasteiger partial charge in [-0.15, -0.1) is 0 Å². The minimum absolute atomic E-state index is 0.167. The van der Waals surface area contributed by atoms with Crippen LogP contribution in [0.2, 0.25) is 0 Å². The molecule has 4 N–H and O–H groups in total. The molecule has 6 atom stereocenters. The van der Waals surface area contributed by atoms with E-state index in [0.717, 1.165) is 5.56 Å². The van der Waals surface area contributed by atoms with Crippen LogP contribution >= 0.6 is 7.82 Å². The Bertz CT molecular complexity index is 1190. The van der Waals surface area contributed by atoms with Gasteiger partial charge in [-0.3, -0.25) is 23.1 Å². The van der Waals surface area contributed by atoms with Gasteiger partial charge in [0.15, 0.2) is 17.7 Å². The van der Waals surface area contributed by atoms with E-state index < -0.39 is 38.0 Å². The lowest BCUT2D eigenvalue weighted by Crippen LogP contribution is -2.44. The van der Waals surface area contributed by atoms with Gasteiger partial charge in [0.2, 0.25) is 0 Å². The van der Waals surface area contributed by atoms with Crippen LogP contribution in [-0.2, 0) is 22.9 Å². The fourth-order valence-electron chi connectivity index (χ4n) is 3.97. The second kappa shape index (κ2) is 8.37. The maximum atomic E-state index is 13.0. The summed E-state index contributed by atoms with van der Waals surface area (Å²) in [6, 6.07) is 3.52. The van der Waals surface area contributed by atoms with Crippen molar-refractivity contribution in [3.8, 4) is 0 Å². The lowest BCUT2D eigenvalue weighted by molar-refractivity contribution is -0.0953. The molecule has 0 spiro atoms. The van der Waals surface area contributed by atoms with Gasteiger partial charge in [-0.05, 0) is 24.6 Å². The van der Waals surface area contributed by atoms with Crippen molar-refractivity contribution in [2.75, 3.05) is 18.9 Å². The standard InChI is InChI=1S/C19H23N6O7P/c1-19(27)15(26)13(31-18(19)25-10-24-14-16(20)22-9-23-17(14)25)8-30-33(28)29-7-4-12(32-33)11-2-5-21-6-3-11/h2-3,5-6,9-10,12-13,15,18,26-27H,4,7-8H2,1H3,(H2,20,22,23)/t12-,13+,15+,18+,19+,33+/m0/s1. The van der Waals surface area contributed by atoms with Crippen LogP contribution in [0.1, 0.15) is 31.2 Å². The average Bonchev–Trinajstić information content (AvgIpc) is 3.33. The minimum atomic E-state index is -3.93. The molecular weight excluding hydrogens is 455 g/mol. The van der Waals surface area contributed by atoms with E-state index in [-0.39, 0.29) is 19.0 Å². The quantitative estimate of drug-likeness (QED) is 0.446. The Labute approximate surface area is 188 Å². The van der Waals surface area contributed by atoms with Crippen molar-refractivity contribution in [1.29, 1.82) is 0 Å². The summed E-state index contributed by atoms with van der Waals surface area (Å²) in [6.45, 7) is 1.23. The molecule has 5 heterocycles. The Kier molecular flexibility index (Phi) is 5.65. The number of hydrogen-bond acceptors (Lipinski definition) is 12. The van der Waals surface area contributed by atoms with E-state index in [0.29, 0.717) is 17.6 Å². The van der Waals surface area contributed by atoms with Crippen molar-refractivity contribution in [3.63, 3.8) is 0 Å². The predicted molar refractivity (Wildman–Crippen MR) is 112 cm³/mol. The number of ether oxygens (including phenoxy) is 1. The summed E-state index contributed by atoms with van der Waals surface area (Å²) in [4.78, 5) is 16.2. The number of fused-ring (bicyclic) bond motifs is 1. The molecule has 0 unspecified atom stereocenters. The summed E-state index contributed by atoms with van der Waals surface area (Å²) in [6.07, 6.45) is 2.40. The highest BCUT2D eigenvalue weighted by Crippen LogP contribution is 2.57. The smallest absolute Gasteiger partial charge is 0.387 e. The zero-order chi connectivity index (χ0) is 23.2. The molecule has 2 aliphatic rings. The second-order valence-corrected chi connectivity index (χ2v) is 9.64. The van der Waals surface area contributed by atoms with Crippen LogP contribution in [0.25, 0.3) is 11.2 Å². The van der Waals surface area contributed by atoms with Gasteiger partial charge in [-0.25, -0.2) is 19.5 Å². The van der Waals surface area contributed by atoms with Gasteiger partial charge in [-0.2, -0.15) is 0 Å². The second-order valence-electron chi connectivity index (χ2n) is 8.02. The molecule has 0 amide bonds. The third kappa shape index (κ3) is 4.02. The van der Waals surface area contributed by atoms with Gasteiger partial charge in [-0.1, -0.05) is 0 Å². The van der Waals surface area contributed by atoms with Crippen LogP contribution in [-0.4, -0.2) is 65.7 Å². The number of phosphoric ester groups is 1. The van der Waals surface area contributed by atoms with E-state index in [1.54, 1.807) is 24.5 Å². The van der Waals surface area contributed by atoms with Crippen molar-refractivity contribution in [1.82, 2.24) is 24.5 Å². The maximum absolute atomic E-state index is 13.0. The number of anilines is 1.